The minimum absolute atomic E-state index is 0.138. The summed E-state index contributed by atoms with van der Waals surface area (Å²) >= 11 is 2.43. The van der Waals surface area contributed by atoms with Crippen LogP contribution in [-0.2, 0) is 15.3 Å². The second kappa shape index (κ2) is 10.7. The van der Waals surface area contributed by atoms with E-state index in [1.807, 2.05) is 0 Å². The maximum Gasteiger partial charge on any atom is 0.301 e. The molecule has 1 unspecified atom stereocenters. The van der Waals surface area contributed by atoms with Crippen LogP contribution >= 0.6 is 23.1 Å². The zero-order valence-electron chi connectivity index (χ0n) is 20.5. The Morgan fingerprint density at radius 3 is 2.35 bits per heavy atom. The number of carbonyl (C=O) groups excluding carboxylic acids is 2. The van der Waals surface area contributed by atoms with Gasteiger partial charge in [0.2, 0.25) is 5.13 Å². The summed E-state index contributed by atoms with van der Waals surface area (Å²) in [7, 11) is 0. The Morgan fingerprint density at radius 2 is 1.62 bits per heavy atom. The molecule has 1 atom stereocenters. The molecule has 8 nitrogen and oxygen atoms in total. The number of rotatable bonds is 6. The Kier molecular flexibility index (Phi) is 6.95. The maximum absolute atomic E-state index is 13.8. The minimum Gasteiger partial charge on any atom is -0.507 e. The third-order valence-electron chi connectivity index (χ3n) is 6.32. The number of ether oxygens (including phenoxy) is 2. The van der Waals surface area contributed by atoms with Gasteiger partial charge in [-0.3, -0.25) is 14.5 Å². The normalized spacial score (nSPS) is 17.9. The van der Waals surface area contributed by atoms with Crippen molar-refractivity contribution in [3.63, 3.8) is 0 Å². The molecule has 1 aromatic heterocycles. The standard InChI is InChI=1S/C28H19F2N3O5S2/c29-18-6-1-15(2-7-18)14-39-28-32-31-27(40-28)33-23(16-3-8-19(30)9-4-16)22(25(35)26(33)36)24(34)17-5-10-20-21(13-17)38-12-11-37-20/h1-10,13,23,34H,11-12,14H2/b24-22+. The lowest BCUT2D eigenvalue weighted by Crippen LogP contribution is -2.29. The molecule has 1 fully saturated rings. The predicted octanol–water partition coefficient (Wildman–Crippen LogP) is 5.51. The van der Waals surface area contributed by atoms with Gasteiger partial charge in [0.05, 0.1) is 11.6 Å². The van der Waals surface area contributed by atoms with Crippen LogP contribution < -0.4 is 14.4 Å². The number of anilines is 1. The number of benzene rings is 3. The average molecular weight is 580 g/mol. The largest absolute Gasteiger partial charge is 0.507 e. The summed E-state index contributed by atoms with van der Waals surface area (Å²) in [6.45, 7) is 0.718. The second-order valence-electron chi connectivity index (χ2n) is 8.84. The number of aromatic nitrogens is 2. The van der Waals surface area contributed by atoms with Crippen molar-refractivity contribution in [2.45, 2.75) is 16.1 Å². The predicted molar refractivity (Wildman–Crippen MR) is 144 cm³/mol. The summed E-state index contributed by atoms with van der Waals surface area (Å²) in [5.41, 5.74) is 1.34. The van der Waals surface area contributed by atoms with Crippen molar-refractivity contribution in [1.29, 1.82) is 0 Å². The van der Waals surface area contributed by atoms with Crippen LogP contribution in [0.1, 0.15) is 22.7 Å². The van der Waals surface area contributed by atoms with Crippen LogP contribution in [-0.4, -0.2) is 40.2 Å². The lowest BCUT2D eigenvalue weighted by molar-refractivity contribution is -0.132. The Hall–Kier alpha value is -4.29. The van der Waals surface area contributed by atoms with E-state index in [1.165, 1.54) is 59.1 Å². The van der Waals surface area contributed by atoms with E-state index >= 15 is 0 Å². The number of Topliss-reactive ketones (excluding diaryl/α,β-unsaturated/α-hetero) is 1. The molecule has 0 aliphatic carbocycles. The van der Waals surface area contributed by atoms with E-state index in [1.54, 1.807) is 24.3 Å². The number of aliphatic hydroxyl groups excluding tert-OH is 1. The van der Waals surface area contributed by atoms with Crippen LogP contribution in [0, 0.1) is 11.6 Å². The lowest BCUT2D eigenvalue weighted by Gasteiger charge is -2.23. The quantitative estimate of drug-likeness (QED) is 0.105. The first kappa shape index (κ1) is 26.0. The van der Waals surface area contributed by atoms with E-state index < -0.39 is 29.3 Å². The molecule has 2 aliphatic heterocycles. The maximum atomic E-state index is 13.8. The molecule has 0 spiro atoms. The van der Waals surface area contributed by atoms with Gasteiger partial charge in [0.25, 0.3) is 5.78 Å². The first-order chi connectivity index (χ1) is 19.4. The van der Waals surface area contributed by atoms with Crippen molar-refractivity contribution in [2.75, 3.05) is 18.1 Å². The van der Waals surface area contributed by atoms with Crippen LogP contribution in [0.15, 0.2) is 76.6 Å². The fourth-order valence-corrected chi connectivity index (χ4v) is 6.24. The van der Waals surface area contributed by atoms with Gasteiger partial charge in [0, 0.05) is 11.3 Å². The highest BCUT2D eigenvalue weighted by atomic mass is 32.2. The van der Waals surface area contributed by atoms with Crippen LogP contribution in [0.5, 0.6) is 11.5 Å². The molecular formula is C28H19F2N3O5S2. The molecule has 6 rings (SSSR count). The van der Waals surface area contributed by atoms with Gasteiger partial charge in [-0.1, -0.05) is 47.4 Å². The van der Waals surface area contributed by atoms with Gasteiger partial charge in [0.1, 0.15) is 30.6 Å². The van der Waals surface area contributed by atoms with E-state index in [0.717, 1.165) is 16.9 Å². The van der Waals surface area contributed by atoms with Gasteiger partial charge in [-0.15, -0.1) is 10.2 Å². The molecule has 1 amide bonds. The van der Waals surface area contributed by atoms with Crippen molar-refractivity contribution in [3.05, 3.63) is 101 Å². The lowest BCUT2D eigenvalue weighted by atomic mass is 9.95. The van der Waals surface area contributed by atoms with Crippen molar-refractivity contribution in [2.24, 2.45) is 0 Å². The molecular weight excluding hydrogens is 560 g/mol. The van der Waals surface area contributed by atoms with Crippen molar-refractivity contribution >= 4 is 45.7 Å². The fraction of sp³-hybridized carbons (Fsp3) is 0.143. The molecule has 4 aromatic rings. The molecule has 0 saturated carbocycles. The zero-order valence-corrected chi connectivity index (χ0v) is 22.2. The summed E-state index contributed by atoms with van der Waals surface area (Å²) in [6, 6.07) is 15.0. The fourth-order valence-electron chi connectivity index (χ4n) is 4.42. The van der Waals surface area contributed by atoms with Crippen molar-refractivity contribution in [3.8, 4) is 11.5 Å². The molecule has 3 heterocycles. The van der Waals surface area contributed by atoms with Gasteiger partial charge in [0.15, 0.2) is 15.8 Å². The Bertz CT molecular complexity index is 1640. The zero-order chi connectivity index (χ0) is 27.8. The number of ketones is 1. The third-order valence-corrected chi connectivity index (χ3v) is 8.45. The summed E-state index contributed by atoms with van der Waals surface area (Å²) in [4.78, 5) is 27.9. The molecule has 40 heavy (non-hydrogen) atoms. The molecule has 12 heteroatoms. The van der Waals surface area contributed by atoms with Gasteiger partial charge < -0.3 is 14.6 Å². The monoisotopic (exact) mass is 579 g/mol. The summed E-state index contributed by atoms with van der Waals surface area (Å²) in [6.07, 6.45) is 0. The third kappa shape index (κ3) is 4.91. The highest BCUT2D eigenvalue weighted by molar-refractivity contribution is 8.00. The number of amides is 1. The van der Waals surface area contributed by atoms with Gasteiger partial charge in [-0.05, 0) is 53.6 Å². The van der Waals surface area contributed by atoms with Crippen molar-refractivity contribution < 1.29 is 33.0 Å². The van der Waals surface area contributed by atoms with E-state index in [2.05, 4.69) is 10.2 Å². The highest BCUT2D eigenvalue weighted by Gasteiger charge is 2.48. The Balaban J connectivity index is 1.38. The summed E-state index contributed by atoms with van der Waals surface area (Å²) in [5.74, 6) is -1.69. The number of thioether (sulfide) groups is 1. The molecule has 1 N–H and O–H groups in total. The second-order valence-corrected chi connectivity index (χ2v) is 11.0. The number of halogens is 2. The molecule has 1 saturated heterocycles. The van der Waals surface area contributed by atoms with Gasteiger partial charge in [-0.2, -0.15) is 0 Å². The summed E-state index contributed by atoms with van der Waals surface area (Å²) < 4.78 is 38.7. The van der Waals surface area contributed by atoms with Gasteiger partial charge in [-0.25, -0.2) is 8.78 Å². The van der Waals surface area contributed by atoms with E-state index in [0.29, 0.717) is 40.4 Å². The van der Waals surface area contributed by atoms with Crippen molar-refractivity contribution in [1.82, 2.24) is 10.2 Å². The number of hydrogen-bond acceptors (Lipinski definition) is 9. The molecule has 3 aromatic carbocycles. The average Bonchev–Trinajstić information content (AvgIpc) is 3.54. The first-order valence-electron chi connectivity index (χ1n) is 12.1. The first-order valence-corrected chi connectivity index (χ1v) is 13.9. The summed E-state index contributed by atoms with van der Waals surface area (Å²) in [5, 5.41) is 19.8. The molecule has 202 valence electrons. The smallest absolute Gasteiger partial charge is 0.301 e. The highest BCUT2D eigenvalue weighted by Crippen LogP contribution is 2.45. The van der Waals surface area contributed by atoms with Crippen LogP contribution in [0.3, 0.4) is 0 Å². The number of carbonyl (C=O) groups is 2. The number of hydrogen-bond donors (Lipinski definition) is 1. The Morgan fingerprint density at radius 1 is 0.950 bits per heavy atom. The van der Waals surface area contributed by atoms with E-state index in [9.17, 15) is 23.5 Å². The topological polar surface area (TPSA) is 102 Å². The number of nitrogens with zero attached hydrogens (tertiary/aromatic N) is 3. The minimum atomic E-state index is -1.09. The van der Waals surface area contributed by atoms with E-state index in [4.69, 9.17) is 9.47 Å². The SMILES string of the molecule is O=C1C(=O)N(c2nnc(SCc3ccc(F)cc3)s2)C(c2ccc(F)cc2)/C1=C(\O)c1ccc2c(c1)OCCO2. The number of fused-ring (bicyclic) bond motifs is 1. The van der Waals surface area contributed by atoms with Crippen LogP contribution in [0.25, 0.3) is 5.76 Å². The molecule has 0 radical (unpaired) electrons. The molecule has 2 aliphatic rings. The van der Waals surface area contributed by atoms with E-state index in [-0.39, 0.29) is 22.1 Å². The Labute approximate surface area is 234 Å². The molecule has 0 bridgehead atoms. The van der Waals surface area contributed by atoms with Crippen LogP contribution in [0.4, 0.5) is 13.9 Å². The van der Waals surface area contributed by atoms with Crippen LogP contribution in [0.2, 0.25) is 0 Å². The van der Waals surface area contributed by atoms with Gasteiger partial charge >= 0.3 is 5.91 Å². The number of aliphatic hydroxyl groups is 1.